The Morgan fingerprint density at radius 1 is 1.31 bits per heavy atom. The van der Waals surface area contributed by atoms with Crippen LogP contribution in [0.3, 0.4) is 0 Å². The monoisotopic (exact) mass is 397 g/mol. The third-order valence-corrected chi connectivity index (χ3v) is 4.80. The van der Waals surface area contributed by atoms with Crippen molar-refractivity contribution in [2.24, 2.45) is 4.99 Å². The minimum Gasteiger partial charge on any atom is -0.489 e. The Morgan fingerprint density at radius 2 is 2.10 bits per heavy atom. The maximum absolute atomic E-state index is 5.75. The Labute approximate surface area is 173 Å². The number of guanidine groups is 1. The van der Waals surface area contributed by atoms with E-state index >= 15 is 0 Å². The summed E-state index contributed by atoms with van der Waals surface area (Å²) in [5.41, 5.74) is 2.07. The van der Waals surface area contributed by atoms with Crippen LogP contribution in [0, 0.1) is 6.92 Å². The van der Waals surface area contributed by atoms with Gasteiger partial charge in [0.05, 0.1) is 12.2 Å². The van der Waals surface area contributed by atoms with E-state index < -0.39 is 0 Å². The van der Waals surface area contributed by atoms with Gasteiger partial charge in [-0.15, -0.1) is 0 Å². The van der Waals surface area contributed by atoms with Gasteiger partial charge in [-0.2, -0.15) is 0 Å². The molecule has 156 valence electrons. The van der Waals surface area contributed by atoms with Crippen molar-refractivity contribution in [3.8, 4) is 5.75 Å². The largest absolute Gasteiger partial charge is 0.489 e. The summed E-state index contributed by atoms with van der Waals surface area (Å²) in [4.78, 5) is 9.59. The van der Waals surface area contributed by atoms with Gasteiger partial charge in [-0.05, 0) is 19.9 Å². The minimum atomic E-state index is 0.494. The second-order valence-corrected chi connectivity index (χ2v) is 7.07. The van der Waals surface area contributed by atoms with Crippen LogP contribution < -0.4 is 10.1 Å². The van der Waals surface area contributed by atoms with Crippen LogP contribution in [0.15, 0.2) is 52.5 Å². The van der Waals surface area contributed by atoms with E-state index in [1.54, 1.807) is 6.08 Å². The van der Waals surface area contributed by atoms with Crippen LogP contribution in [0.5, 0.6) is 5.75 Å². The molecule has 2 heterocycles. The number of piperazine rings is 1. The number of nitrogens with one attached hydrogen (secondary N) is 1. The first-order chi connectivity index (χ1) is 14.2. The molecule has 0 spiro atoms. The van der Waals surface area contributed by atoms with Gasteiger partial charge in [0.15, 0.2) is 5.96 Å². The Balaban J connectivity index is 1.59. The van der Waals surface area contributed by atoms with Gasteiger partial charge in [0, 0.05) is 50.9 Å². The van der Waals surface area contributed by atoms with Crippen LogP contribution in [-0.4, -0.2) is 60.2 Å². The van der Waals surface area contributed by atoms with Gasteiger partial charge in [-0.25, -0.2) is 4.99 Å². The summed E-state index contributed by atoms with van der Waals surface area (Å²) in [5.74, 6) is 2.67. The molecule has 0 unspecified atom stereocenters. The molecule has 7 nitrogen and oxygen atoms in total. The summed E-state index contributed by atoms with van der Waals surface area (Å²) in [6.45, 7) is 14.3. The molecular formula is C22H31N5O2. The number of benzene rings is 1. The summed E-state index contributed by atoms with van der Waals surface area (Å²) in [5, 5.41) is 7.53. The fourth-order valence-electron chi connectivity index (χ4n) is 3.35. The number of aliphatic imine (C=N–C) groups is 1. The molecule has 1 aromatic heterocycles. The molecule has 7 heteroatoms. The highest BCUT2D eigenvalue weighted by molar-refractivity contribution is 5.80. The zero-order chi connectivity index (χ0) is 20.5. The summed E-state index contributed by atoms with van der Waals surface area (Å²) >= 11 is 0. The first kappa shape index (κ1) is 20.9. The number of hydrogen-bond donors (Lipinski definition) is 1. The van der Waals surface area contributed by atoms with Crippen molar-refractivity contribution in [1.82, 2.24) is 20.3 Å². The van der Waals surface area contributed by atoms with Crippen LogP contribution in [0.1, 0.15) is 23.9 Å². The van der Waals surface area contributed by atoms with Crippen molar-refractivity contribution >= 4 is 5.96 Å². The second-order valence-electron chi connectivity index (χ2n) is 7.07. The first-order valence-corrected chi connectivity index (χ1v) is 10.2. The van der Waals surface area contributed by atoms with E-state index in [0.29, 0.717) is 13.2 Å². The number of aryl methyl sites for hydroxylation is 1. The first-order valence-electron chi connectivity index (χ1n) is 10.2. The lowest BCUT2D eigenvalue weighted by Gasteiger charge is -2.36. The zero-order valence-corrected chi connectivity index (χ0v) is 17.4. The molecule has 0 aliphatic carbocycles. The Hall–Kier alpha value is -2.80. The summed E-state index contributed by atoms with van der Waals surface area (Å²) in [7, 11) is 0. The van der Waals surface area contributed by atoms with Crippen LogP contribution in [0.2, 0.25) is 0 Å². The van der Waals surface area contributed by atoms with Crippen LogP contribution >= 0.6 is 0 Å². The van der Waals surface area contributed by atoms with Gasteiger partial charge >= 0.3 is 0 Å². The van der Waals surface area contributed by atoms with Gasteiger partial charge in [0.25, 0.3) is 0 Å². The highest BCUT2D eigenvalue weighted by Crippen LogP contribution is 2.19. The third-order valence-electron chi connectivity index (χ3n) is 4.80. The molecule has 0 saturated carbocycles. The Bertz CT molecular complexity index is 809. The van der Waals surface area contributed by atoms with Crippen molar-refractivity contribution < 1.29 is 9.26 Å². The van der Waals surface area contributed by atoms with E-state index in [0.717, 1.165) is 68.0 Å². The number of nitrogens with zero attached hydrogens (tertiary/aromatic N) is 4. The van der Waals surface area contributed by atoms with E-state index in [2.05, 4.69) is 39.8 Å². The summed E-state index contributed by atoms with van der Waals surface area (Å²) in [6.07, 6.45) is 1.75. The molecule has 0 amide bonds. The number of aromatic nitrogens is 1. The van der Waals surface area contributed by atoms with E-state index in [-0.39, 0.29) is 0 Å². The van der Waals surface area contributed by atoms with Gasteiger partial charge in [0.2, 0.25) is 0 Å². The molecule has 0 radical (unpaired) electrons. The van der Waals surface area contributed by atoms with Crippen LogP contribution in [0.25, 0.3) is 0 Å². The molecule has 1 aliphatic heterocycles. The fourth-order valence-corrected chi connectivity index (χ4v) is 3.35. The lowest BCUT2D eigenvalue weighted by atomic mass is 10.2. The third kappa shape index (κ3) is 6.09. The molecule has 0 atom stereocenters. The molecular weight excluding hydrogens is 366 g/mol. The molecule has 1 fully saturated rings. The Kier molecular flexibility index (Phi) is 7.69. The quantitative estimate of drug-likeness (QED) is 0.420. The van der Waals surface area contributed by atoms with Gasteiger partial charge in [-0.3, -0.25) is 4.90 Å². The average molecular weight is 398 g/mol. The van der Waals surface area contributed by atoms with E-state index in [4.69, 9.17) is 14.3 Å². The van der Waals surface area contributed by atoms with Crippen molar-refractivity contribution in [3.05, 3.63) is 60.0 Å². The number of hydrogen-bond acceptors (Lipinski definition) is 5. The van der Waals surface area contributed by atoms with Gasteiger partial charge in [0.1, 0.15) is 18.1 Å². The molecule has 1 aromatic carbocycles. The van der Waals surface area contributed by atoms with Crippen LogP contribution in [0.4, 0.5) is 0 Å². The topological polar surface area (TPSA) is 66.1 Å². The Morgan fingerprint density at radius 3 is 2.79 bits per heavy atom. The maximum atomic E-state index is 5.75. The molecule has 1 aliphatic rings. The summed E-state index contributed by atoms with van der Waals surface area (Å²) < 4.78 is 10.9. The molecule has 3 rings (SSSR count). The predicted octanol–water partition coefficient (Wildman–Crippen LogP) is 2.83. The van der Waals surface area contributed by atoms with E-state index in [1.165, 1.54) is 0 Å². The second kappa shape index (κ2) is 10.7. The lowest BCUT2D eigenvalue weighted by molar-refractivity contribution is 0.169. The van der Waals surface area contributed by atoms with Crippen molar-refractivity contribution in [2.45, 2.75) is 26.9 Å². The number of ether oxygens (including phenoxy) is 1. The minimum absolute atomic E-state index is 0.494. The normalized spacial score (nSPS) is 15.4. The highest BCUT2D eigenvalue weighted by Gasteiger charge is 2.20. The fraction of sp³-hybridized carbons (Fsp3) is 0.455. The van der Waals surface area contributed by atoms with Crippen molar-refractivity contribution in [3.63, 3.8) is 0 Å². The van der Waals surface area contributed by atoms with E-state index in [9.17, 15) is 0 Å². The highest BCUT2D eigenvalue weighted by atomic mass is 16.5. The number of rotatable bonds is 8. The summed E-state index contributed by atoms with van der Waals surface area (Å²) in [6, 6.07) is 10.0. The molecule has 1 N–H and O–H groups in total. The molecule has 29 heavy (non-hydrogen) atoms. The van der Waals surface area contributed by atoms with Crippen LogP contribution in [-0.2, 0) is 13.1 Å². The van der Waals surface area contributed by atoms with Crippen molar-refractivity contribution in [2.75, 3.05) is 39.3 Å². The molecule has 0 bridgehead atoms. The zero-order valence-electron chi connectivity index (χ0n) is 17.4. The van der Waals surface area contributed by atoms with E-state index in [1.807, 2.05) is 31.2 Å². The SMILES string of the molecule is C=CCOc1ccccc1CN=C(NCC)N1CCN(Cc2cc(C)on2)CC1. The van der Waals surface area contributed by atoms with Gasteiger partial charge in [-0.1, -0.05) is 36.0 Å². The molecule has 1 saturated heterocycles. The lowest BCUT2D eigenvalue weighted by Crippen LogP contribution is -2.52. The average Bonchev–Trinajstić information content (AvgIpc) is 3.15. The molecule has 2 aromatic rings. The number of para-hydroxylation sites is 1. The van der Waals surface area contributed by atoms with Crippen molar-refractivity contribution in [1.29, 1.82) is 0 Å². The smallest absolute Gasteiger partial charge is 0.194 e. The standard InChI is InChI=1S/C22H31N5O2/c1-4-14-28-21-9-7-6-8-19(21)16-24-22(23-5-2)27-12-10-26(11-13-27)17-20-15-18(3)29-25-20/h4,6-9,15H,1,5,10-14,16-17H2,2-3H3,(H,23,24). The maximum Gasteiger partial charge on any atom is 0.194 e. The predicted molar refractivity (Wildman–Crippen MR) is 115 cm³/mol. The van der Waals surface area contributed by atoms with Gasteiger partial charge < -0.3 is 19.5 Å².